The van der Waals surface area contributed by atoms with Crippen molar-refractivity contribution >= 4 is 209 Å². The van der Waals surface area contributed by atoms with Gasteiger partial charge in [0.15, 0.2) is 5.78 Å². The van der Waals surface area contributed by atoms with Gasteiger partial charge in [-0.3, -0.25) is 4.79 Å². The molecule has 26 atom stereocenters. The number of hydrogen-bond donors (Lipinski definition) is 0. The lowest BCUT2D eigenvalue weighted by Crippen LogP contribution is -2.61. The summed E-state index contributed by atoms with van der Waals surface area (Å²) in [6.07, 6.45) is 1.95. The molecule has 3 aliphatic rings. The van der Waals surface area contributed by atoms with Gasteiger partial charge in [-0.15, -0.1) is 98.2 Å². The molecule has 0 aromatic heterocycles. The van der Waals surface area contributed by atoms with Gasteiger partial charge in [-0.2, -0.15) is 0 Å². The summed E-state index contributed by atoms with van der Waals surface area (Å²) in [6, 6.07) is 0. The maximum Gasteiger partial charge on any atom is 0.173 e. The van der Waals surface area contributed by atoms with Crippen molar-refractivity contribution in [3.63, 3.8) is 0 Å². The zero-order valence-corrected chi connectivity index (χ0v) is 54.9. The molecule has 50 heavy (non-hydrogen) atoms. The fourth-order valence-corrected chi connectivity index (χ4v) is 170. The fraction of sp³-hybridized carbons (Fsp3) is 0.762. The molecular formula is C21H57O4P25. The standard InChI is InChI=1S/C21H57O4P25/c1-10-7-8-11(2)21(6)15(10)17(23-39-26)13-9-14(24-42(48(38)44(30)31)50(46(34)35)47(36)37)12(3)16(20(13,4)5)18(19(21)22)25-41(43(28)29)49(40-27)45(32)33/h11,13-15,17-18,39-40H,1,7-9,26-38H2,2-6H3/t11-,13?,14-,15-,17+,18+,21+,41?,42?,48?,49?/m0/s1. The van der Waals surface area contributed by atoms with Crippen LogP contribution in [0.25, 0.3) is 0 Å². The van der Waals surface area contributed by atoms with Crippen molar-refractivity contribution in [2.45, 2.75) is 72.2 Å². The minimum Gasteiger partial charge on any atom is -0.354 e. The van der Waals surface area contributed by atoms with Gasteiger partial charge in [0, 0.05) is 40.8 Å². The second-order valence-corrected chi connectivity index (χ2v) is 97.5. The van der Waals surface area contributed by atoms with Crippen LogP contribution in [0, 0.1) is 28.6 Å². The van der Waals surface area contributed by atoms with Gasteiger partial charge in [-0.25, -0.2) is 0 Å². The van der Waals surface area contributed by atoms with E-state index in [4.69, 9.17) is 20.2 Å². The molecule has 0 amide bonds. The summed E-state index contributed by atoms with van der Waals surface area (Å²) >= 11 is 0. The monoisotopic (exact) mass is 1150 g/mol. The number of carbonyl (C=O) groups is 1. The van der Waals surface area contributed by atoms with E-state index in [0.717, 1.165) is 27.2 Å². The Balaban J connectivity index is 2.42. The number of hydrogen-bond acceptors (Lipinski definition) is 4. The van der Waals surface area contributed by atoms with Gasteiger partial charge in [-0.05, 0) is 89.5 Å². The van der Waals surface area contributed by atoms with Gasteiger partial charge >= 0.3 is 0 Å². The van der Waals surface area contributed by atoms with Crippen LogP contribution in [-0.2, 0) is 18.4 Å². The van der Waals surface area contributed by atoms with E-state index in [1.54, 1.807) is 0 Å². The first-order chi connectivity index (χ1) is 23.1. The van der Waals surface area contributed by atoms with Crippen molar-refractivity contribution in [2.75, 3.05) is 0 Å². The highest BCUT2D eigenvalue weighted by Gasteiger charge is 2.63. The molecule has 3 aliphatic carbocycles. The van der Waals surface area contributed by atoms with Crippen molar-refractivity contribution in [1.29, 1.82) is 0 Å². The minimum atomic E-state index is -0.862. The molecule has 0 radical (unpaired) electrons. The molecule has 0 spiro atoms. The highest BCUT2D eigenvalue weighted by molar-refractivity contribution is 9.19. The van der Waals surface area contributed by atoms with Gasteiger partial charge in [0.05, 0.1) is 27.3 Å². The Morgan fingerprint density at radius 3 is 1.88 bits per heavy atom. The van der Waals surface area contributed by atoms with E-state index in [0.29, 0.717) is 0 Å². The summed E-state index contributed by atoms with van der Waals surface area (Å²) < 4.78 is 22.2. The first-order valence-electron chi connectivity index (χ1n) is 15.2. The molecule has 0 aromatic rings. The summed E-state index contributed by atoms with van der Waals surface area (Å²) in [5, 5.41) is 0. The Hall–Kier alpha value is 9.78. The summed E-state index contributed by atoms with van der Waals surface area (Å²) in [6.45, 7) is 13.2. The summed E-state index contributed by atoms with van der Waals surface area (Å²) in [5.41, 5.74) is 2.61. The van der Waals surface area contributed by atoms with Crippen molar-refractivity contribution < 1.29 is 18.4 Å². The van der Waals surface area contributed by atoms with Crippen LogP contribution in [0.5, 0.6) is 0 Å². The SMILES string of the molecule is C=C1CC[C@H](C)[C@@]2(C)C(=O)[C@H](OP(P(P)P)P(PP)P(P)P)C3=C(C)[C@@H](OP(P(P)P(P)P)P(P(P)P)P(P)P)CC([C@@H](OPP)[C@H]12)C3(C)C. The van der Waals surface area contributed by atoms with Crippen LogP contribution in [0.3, 0.4) is 0 Å². The Kier molecular flexibility index (Phi) is 26.3. The van der Waals surface area contributed by atoms with E-state index in [1.165, 1.54) is 16.7 Å². The zero-order chi connectivity index (χ0) is 38.2. The average molecular weight is 1150 g/mol. The maximum absolute atomic E-state index is 15.8. The molecule has 0 N–H and O–H groups in total. The number of ketones is 1. The third kappa shape index (κ3) is 12.6. The molecule has 29 heteroatoms. The summed E-state index contributed by atoms with van der Waals surface area (Å²) in [5.74, 6) is 0.508. The quantitative estimate of drug-likeness (QED) is 0.121. The lowest BCUT2D eigenvalue weighted by molar-refractivity contribution is -0.151. The van der Waals surface area contributed by atoms with E-state index >= 15 is 4.79 Å². The number of fused-ring (bicyclic) bond motifs is 3. The normalized spacial score (nSPS) is 33.4. The highest BCUT2D eigenvalue weighted by atomic mass is 33.2. The van der Waals surface area contributed by atoms with Gasteiger partial charge in [-0.1, -0.05) is 65.7 Å². The molecule has 2 bridgehead atoms. The number of Topliss-reactive ketones (excluding diaryl/α,β-unsaturated/α-hetero) is 1. The topological polar surface area (TPSA) is 44.8 Å². The van der Waals surface area contributed by atoms with Crippen LogP contribution in [-0.4, -0.2) is 24.1 Å². The molecule has 0 aromatic carbocycles. The molecule has 4 nitrogen and oxygen atoms in total. The molecule has 290 valence electrons. The molecule has 0 heterocycles. The maximum atomic E-state index is 15.8. The predicted molar refractivity (Wildman–Crippen MR) is 305 cm³/mol. The Bertz CT molecular complexity index is 1210. The van der Waals surface area contributed by atoms with E-state index in [9.17, 15) is 0 Å². The second kappa shape index (κ2) is 24.3. The number of carbonyl (C=O) groups excluding carboxylic acids is 1. The van der Waals surface area contributed by atoms with Gasteiger partial charge < -0.3 is 13.6 Å². The first-order valence-corrected chi connectivity index (χ1v) is 58.2. The van der Waals surface area contributed by atoms with E-state index in [1.807, 2.05) is 0 Å². The van der Waals surface area contributed by atoms with Crippen molar-refractivity contribution in [2.24, 2.45) is 28.6 Å². The highest BCUT2D eigenvalue weighted by Crippen LogP contribution is 3.18. The van der Waals surface area contributed by atoms with Crippen molar-refractivity contribution in [3.8, 4) is 0 Å². The molecule has 2 saturated carbocycles. The van der Waals surface area contributed by atoms with Gasteiger partial charge in [0.2, 0.25) is 0 Å². The molecule has 20 unspecified atom stereocenters. The second-order valence-electron chi connectivity index (χ2n) is 13.1. The van der Waals surface area contributed by atoms with Crippen molar-refractivity contribution in [1.82, 2.24) is 0 Å². The average Bonchev–Trinajstić information content (AvgIpc) is 3.00. The Labute approximate surface area is 348 Å². The van der Waals surface area contributed by atoms with Crippen LogP contribution in [0.4, 0.5) is 0 Å². The first kappa shape index (κ1) is 54.1. The summed E-state index contributed by atoms with van der Waals surface area (Å²) in [4.78, 5) is 15.8. The lowest BCUT2D eigenvalue weighted by atomic mass is 9.48. The summed E-state index contributed by atoms with van der Waals surface area (Å²) in [7, 11) is 39.7. The minimum absolute atomic E-state index is 0.0727. The Morgan fingerprint density at radius 1 is 0.840 bits per heavy atom. The molecule has 2 fully saturated rings. The molecular weight excluding hydrogens is 1090 g/mol. The van der Waals surface area contributed by atoms with Crippen molar-refractivity contribution in [3.05, 3.63) is 23.3 Å². The fourth-order valence-electron chi connectivity index (χ4n) is 7.49. The van der Waals surface area contributed by atoms with Gasteiger partial charge in [0.25, 0.3) is 0 Å². The number of rotatable bonds is 15. The zero-order valence-electron chi connectivity index (χ0n) is 28.9. The smallest absolute Gasteiger partial charge is 0.173 e. The molecule has 3 rings (SSSR count). The van der Waals surface area contributed by atoms with Crippen LogP contribution in [0.2, 0.25) is 0 Å². The van der Waals surface area contributed by atoms with Crippen LogP contribution < -0.4 is 0 Å². The van der Waals surface area contributed by atoms with E-state index < -0.39 is 47.5 Å². The van der Waals surface area contributed by atoms with Crippen LogP contribution in [0.15, 0.2) is 23.3 Å². The van der Waals surface area contributed by atoms with Crippen LogP contribution >= 0.6 is 203 Å². The third-order valence-electron chi connectivity index (χ3n) is 10.1. The third-order valence-corrected chi connectivity index (χ3v) is 129. The lowest BCUT2D eigenvalue weighted by Gasteiger charge is -2.59. The largest absolute Gasteiger partial charge is 0.354 e. The molecule has 0 aliphatic heterocycles. The van der Waals surface area contributed by atoms with E-state index in [-0.39, 0.29) is 84.6 Å². The Morgan fingerprint density at radius 2 is 1.42 bits per heavy atom. The molecule has 0 saturated heterocycles. The van der Waals surface area contributed by atoms with Gasteiger partial charge in [0.1, 0.15) is 6.10 Å². The van der Waals surface area contributed by atoms with Crippen LogP contribution in [0.1, 0.15) is 53.9 Å². The van der Waals surface area contributed by atoms with E-state index in [2.05, 4.69) is 151 Å². The predicted octanol–water partition coefficient (Wildman–Crippen LogP) is 18.1.